The van der Waals surface area contributed by atoms with E-state index < -0.39 is 20.3 Å². The molecule has 0 spiro atoms. The Labute approximate surface area is 150 Å². The minimum Gasteiger partial charge on any atom is -0.542 e. The standard InChI is InChI=1S/C17H25NO4SSi/c1-6-20-16-11-13(8-9-15(16)22-24(3,4)5)10-14(18-12-23)17(19)21-7-2/h8-9,11,14H,6-7,10H2,1-5H3. The Hall–Kier alpha value is -1.69. The Kier molecular flexibility index (Phi) is 8.11. The van der Waals surface area contributed by atoms with Crippen LogP contribution in [-0.2, 0) is 16.0 Å². The number of benzene rings is 1. The van der Waals surface area contributed by atoms with Crippen LogP contribution in [0.25, 0.3) is 0 Å². The molecular formula is C17H25NO4SSi. The number of nitrogens with zero attached hydrogens (tertiary/aromatic N) is 1. The molecule has 0 heterocycles. The first-order valence-corrected chi connectivity index (χ1v) is 11.8. The molecule has 5 nitrogen and oxygen atoms in total. The van der Waals surface area contributed by atoms with Crippen LogP contribution in [0, 0.1) is 0 Å². The van der Waals surface area contributed by atoms with E-state index in [4.69, 9.17) is 13.9 Å². The molecule has 1 unspecified atom stereocenters. The Morgan fingerprint density at radius 3 is 2.50 bits per heavy atom. The van der Waals surface area contributed by atoms with Crippen molar-refractivity contribution in [3.8, 4) is 11.5 Å². The summed E-state index contributed by atoms with van der Waals surface area (Å²) in [6.07, 6.45) is 0.371. The number of hydrogen-bond donors (Lipinski definition) is 0. The van der Waals surface area contributed by atoms with Gasteiger partial charge in [0.2, 0.25) is 8.32 Å². The van der Waals surface area contributed by atoms with Gasteiger partial charge in [-0.2, -0.15) is 0 Å². The number of carbonyl (C=O) groups excluding carboxylic acids is 1. The van der Waals surface area contributed by atoms with E-state index in [1.807, 2.05) is 25.1 Å². The van der Waals surface area contributed by atoms with Gasteiger partial charge in [0.1, 0.15) is 5.75 Å². The normalized spacial score (nSPS) is 12.0. The van der Waals surface area contributed by atoms with Crippen molar-refractivity contribution >= 4 is 31.7 Å². The molecule has 0 N–H and O–H groups in total. The summed E-state index contributed by atoms with van der Waals surface area (Å²) in [5.74, 6) is 0.993. The molecule has 0 saturated carbocycles. The number of isothiocyanates is 1. The lowest BCUT2D eigenvalue weighted by Gasteiger charge is -2.22. The second-order valence-corrected chi connectivity index (χ2v) is 10.7. The molecule has 132 valence electrons. The van der Waals surface area contributed by atoms with Crippen molar-refractivity contribution < 1.29 is 18.7 Å². The zero-order valence-electron chi connectivity index (χ0n) is 14.9. The second kappa shape index (κ2) is 9.57. The van der Waals surface area contributed by atoms with Gasteiger partial charge >= 0.3 is 5.97 Å². The minimum atomic E-state index is -1.75. The van der Waals surface area contributed by atoms with Gasteiger partial charge in [-0.3, -0.25) is 0 Å². The molecule has 1 rings (SSSR count). The first-order valence-electron chi connectivity index (χ1n) is 7.99. The first-order chi connectivity index (χ1) is 11.3. The molecule has 0 aliphatic heterocycles. The lowest BCUT2D eigenvalue weighted by atomic mass is 10.1. The van der Waals surface area contributed by atoms with Crippen molar-refractivity contribution in [2.24, 2.45) is 4.99 Å². The molecule has 0 saturated heterocycles. The fourth-order valence-electron chi connectivity index (χ4n) is 2.07. The first kappa shape index (κ1) is 20.4. The van der Waals surface area contributed by atoms with Gasteiger partial charge in [-0.15, -0.1) is 0 Å². The topological polar surface area (TPSA) is 57.1 Å². The largest absolute Gasteiger partial charge is 0.542 e. The quantitative estimate of drug-likeness (QED) is 0.287. The maximum atomic E-state index is 12.0. The number of thiocarbonyl (C=S) groups is 1. The Bertz CT molecular complexity index is 609. The highest BCUT2D eigenvalue weighted by atomic mass is 32.1. The number of aliphatic imine (C=N–C) groups is 1. The van der Waals surface area contributed by atoms with Crippen LogP contribution in [0.3, 0.4) is 0 Å². The number of carbonyl (C=O) groups is 1. The molecule has 1 aromatic rings. The molecular weight excluding hydrogens is 342 g/mol. The van der Waals surface area contributed by atoms with Crippen LogP contribution in [0.4, 0.5) is 0 Å². The predicted octanol–water partition coefficient (Wildman–Crippen LogP) is 3.88. The molecule has 0 amide bonds. The Balaban J connectivity index is 3.04. The number of rotatable bonds is 9. The van der Waals surface area contributed by atoms with Gasteiger partial charge in [-0.1, -0.05) is 6.07 Å². The van der Waals surface area contributed by atoms with Crippen molar-refractivity contribution in [2.75, 3.05) is 13.2 Å². The van der Waals surface area contributed by atoms with Crippen LogP contribution in [-0.4, -0.2) is 38.7 Å². The molecule has 0 aliphatic carbocycles. The van der Waals surface area contributed by atoms with Gasteiger partial charge in [0.05, 0.1) is 18.4 Å². The van der Waals surface area contributed by atoms with E-state index in [0.717, 1.165) is 11.3 Å². The molecule has 7 heteroatoms. The fourth-order valence-corrected chi connectivity index (χ4v) is 3.02. The van der Waals surface area contributed by atoms with Crippen LogP contribution < -0.4 is 9.16 Å². The lowest BCUT2D eigenvalue weighted by Crippen LogP contribution is -2.29. The van der Waals surface area contributed by atoms with Gasteiger partial charge in [-0.05, 0) is 63.4 Å². The van der Waals surface area contributed by atoms with Crippen LogP contribution in [0.15, 0.2) is 23.2 Å². The maximum Gasteiger partial charge on any atom is 0.332 e. The third-order valence-electron chi connectivity index (χ3n) is 2.92. The zero-order chi connectivity index (χ0) is 18.2. The molecule has 0 bridgehead atoms. The summed E-state index contributed by atoms with van der Waals surface area (Å²) in [5, 5.41) is 2.27. The smallest absolute Gasteiger partial charge is 0.332 e. The van der Waals surface area contributed by atoms with E-state index in [1.54, 1.807) is 6.92 Å². The van der Waals surface area contributed by atoms with E-state index in [1.165, 1.54) is 0 Å². The average molecular weight is 368 g/mol. The summed E-state index contributed by atoms with van der Waals surface area (Å²) in [7, 11) is -1.75. The summed E-state index contributed by atoms with van der Waals surface area (Å²) in [6, 6.07) is 4.97. The third-order valence-corrected chi connectivity index (χ3v) is 3.86. The van der Waals surface area contributed by atoms with Crippen molar-refractivity contribution in [2.45, 2.75) is 46.0 Å². The highest BCUT2D eigenvalue weighted by Crippen LogP contribution is 2.31. The van der Waals surface area contributed by atoms with Crippen LogP contribution in [0.1, 0.15) is 19.4 Å². The highest BCUT2D eigenvalue weighted by molar-refractivity contribution is 7.78. The summed E-state index contributed by atoms with van der Waals surface area (Å²) in [5.41, 5.74) is 0.897. The molecule has 0 aliphatic rings. The molecule has 1 atom stereocenters. The summed E-state index contributed by atoms with van der Waals surface area (Å²) in [4.78, 5) is 15.9. The summed E-state index contributed by atoms with van der Waals surface area (Å²) >= 11 is 4.63. The molecule has 0 aromatic heterocycles. The van der Waals surface area contributed by atoms with E-state index in [0.29, 0.717) is 25.4 Å². The van der Waals surface area contributed by atoms with E-state index in [9.17, 15) is 4.79 Å². The second-order valence-electron chi connectivity index (χ2n) is 6.12. The van der Waals surface area contributed by atoms with Gasteiger partial charge in [0.25, 0.3) is 0 Å². The van der Waals surface area contributed by atoms with Gasteiger partial charge in [0, 0.05) is 6.42 Å². The van der Waals surface area contributed by atoms with Gasteiger partial charge in [0.15, 0.2) is 11.8 Å². The molecule has 24 heavy (non-hydrogen) atoms. The van der Waals surface area contributed by atoms with Crippen molar-refractivity contribution in [1.82, 2.24) is 0 Å². The van der Waals surface area contributed by atoms with Crippen molar-refractivity contribution in [1.29, 1.82) is 0 Å². The van der Waals surface area contributed by atoms with Crippen molar-refractivity contribution in [3.63, 3.8) is 0 Å². The molecule has 0 radical (unpaired) electrons. The molecule has 1 aromatic carbocycles. The lowest BCUT2D eigenvalue weighted by molar-refractivity contribution is -0.144. The van der Waals surface area contributed by atoms with E-state index in [-0.39, 0.29) is 0 Å². The number of esters is 1. The minimum absolute atomic E-state index is 0.301. The Morgan fingerprint density at radius 2 is 1.96 bits per heavy atom. The van der Waals surface area contributed by atoms with Crippen LogP contribution in [0.5, 0.6) is 11.5 Å². The number of ether oxygens (including phenoxy) is 2. The van der Waals surface area contributed by atoms with Gasteiger partial charge < -0.3 is 13.9 Å². The van der Waals surface area contributed by atoms with Crippen LogP contribution >= 0.6 is 12.2 Å². The summed E-state index contributed by atoms with van der Waals surface area (Å²) < 4.78 is 16.8. The number of hydrogen-bond acceptors (Lipinski definition) is 6. The highest BCUT2D eigenvalue weighted by Gasteiger charge is 2.22. The SMILES string of the molecule is CCOC(=O)C(Cc1ccc(O[Si](C)(C)C)c(OCC)c1)N=C=S. The Morgan fingerprint density at radius 1 is 1.25 bits per heavy atom. The summed E-state index contributed by atoms with van der Waals surface area (Å²) in [6.45, 7) is 10.8. The molecule has 0 fully saturated rings. The van der Waals surface area contributed by atoms with Crippen LogP contribution in [0.2, 0.25) is 19.6 Å². The van der Waals surface area contributed by atoms with Gasteiger partial charge in [-0.25, -0.2) is 9.79 Å². The predicted molar refractivity (Wildman–Crippen MR) is 101 cm³/mol. The fraction of sp³-hybridized carbons (Fsp3) is 0.529. The van der Waals surface area contributed by atoms with E-state index in [2.05, 4.69) is 42.0 Å². The third kappa shape index (κ3) is 6.82. The van der Waals surface area contributed by atoms with Crippen molar-refractivity contribution in [3.05, 3.63) is 23.8 Å². The monoisotopic (exact) mass is 367 g/mol. The van der Waals surface area contributed by atoms with E-state index >= 15 is 0 Å². The zero-order valence-corrected chi connectivity index (χ0v) is 16.7. The maximum absolute atomic E-state index is 12.0. The average Bonchev–Trinajstić information content (AvgIpc) is 2.48.